The Morgan fingerprint density at radius 1 is 1.38 bits per heavy atom. The van der Waals surface area contributed by atoms with Gasteiger partial charge in [-0.15, -0.1) is 12.4 Å². The summed E-state index contributed by atoms with van der Waals surface area (Å²) in [5.74, 6) is -0.188. The lowest BCUT2D eigenvalue weighted by molar-refractivity contribution is -0.138. The lowest BCUT2D eigenvalue weighted by Gasteiger charge is -2.15. The molecule has 1 aromatic rings. The molecule has 0 aliphatic carbocycles. The van der Waals surface area contributed by atoms with Crippen molar-refractivity contribution in [3.05, 3.63) is 29.3 Å². The standard InChI is InChI=1S/C10H12F3NO.ClH/c1-6-2-3-7(9(15)4-6)8(14)5-10(11,12)13;/h2-4,8,15H,5,14H2,1H3;1H/t8-;/m1./s1. The molecule has 0 saturated carbocycles. The molecule has 0 aliphatic heterocycles. The highest BCUT2D eigenvalue weighted by molar-refractivity contribution is 5.85. The summed E-state index contributed by atoms with van der Waals surface area (Å²) in [6, 6.07) is 3.21. The topological polar surface area (TPSA) is 46.2 Å². The minimum absolute atomic E-state index is 0. The zero-order valence-corrected chi connectivity index (χ0v) is 9.40. The molecule has 0 bridgehead atoms. The second-order valence-corrected chi connectivity index (χ2v) is 3.49. The van der Waals surface area contributed by atoms with E-state index in [0.717, 1.165) is 5.56 Å². The molecule has 16 heavy (non-hydrogen) atoms. The van der Waals surface area contributed by atoms with Gasteiger partial charge in [-0.2, -0.15) is 13.2 Å². The van der Waals surface area contributed by atoms with Crippen LogP contribution in [0.15, 0.2) is 18.2 Å². The fourth-order valence-corrected chi connectivity index (χ4v) is 1.33. The smallest absolute Gasteiger partial charge is 0.390 e. The number of hydrogen-bond donors (Lipinski definition) is 2. The zero-order valence-electron chi connectivity index (χ0n) is 8.58. The van der Waals surface area contributed by atoms with Gasteiger partial charge in [-0.3, -0.25) is 0 Å². The van der Waals surface area contributed by atoms with Crippen LogP contribution in [0.1, 0.15) is 23.6 Å². The van der Waals surface area contributed by atoms with Crippen molar-refractivity contribution in [1.82, 2.24) is 0 Å². The van der Waals surface area contributed by atoms with Gasteiger partial charge in [-0.1, -0.05) is 12.1 Å². The van der Waals surface area contributed by atoms with Gasteiger partial charge in [-0.05, 0) is 18.6 Å². The van der Waals surface area contributed by atoms with Crippen LogP contribution < -0.4 is 5.73 Å². The summed E-state index contributed by atoms with van der Waals surface area (Å²) in [4.78, 5) is 0. The number of phenols is 1. The first-order chi connectivity index (χ1) is 6.79. The Labute approximate surface area is 97.7 Å². The molecule has 0 unspecified atom stereocenters. The van der Waals surface area contributed by atoms with Crippen LogP contribution in [0.4, 0.5) is 13.2 Å². The fraction of sp³-hybridized carbons (Fsp3) is 0.400. The maximum Gasteiger partial charge on any atom is 0.390 e. The van der Waals surface area contributed by atoms with Crippen molar-refractivity contribution in [3.8, 4) is 5.75 Å². The molecule has 2 nitrogen and oxygen atoms in total. The molecule has 3 N–H and O–H groups in total. The third-order valence-electron chi connectivity index (χ3n) is 2.04. The number of aromatic hydroxyl groups is 1. The first-order valence-corrected chi connectivity index (χ1v) is 4.41. The van der Waals surface area contributed by atoms with Crippen LogP contribution in [0.3, 0.4) is 0 Å². The van der Waals surface area contributed by atoms with Crippen LogP contribution in [-0.2, 0) is 0 Å². The van der Waals surface area contributed by atoms with Crippen molar-refractivity contribution in [2.45, 2.75) is 25.6 Å². The van der Waals surface area contributed by atoms with Gasteiger partial charge in [-0.25, -0.2) is 0 Å². The van der Waals surface area contributed by atoms with E-state index in [0.29, 0.717) is 0 Å². The van der Waals surface area contributed by atoms with Crippen LogP contribution in [0.5, 0.6) is 5.75 Å². The molecular weight excluding hydrogens is 243 g/mol. The summed E-state index contributed by atoms with van der Waals surface area (Å²) < 4.78 is 36.1. The molecule has 0 saturated heterocycles. The van der Waals surface area contributed by atoms with Gasteiger partial charge in [0, 0.05) is 11.6 Å². The molecule has 0 aliphatic rings. The predicted octanol–water partition coefficient (Wildman–Crippen LogP) is 3.07. The fourth-order valence-electron chi connectivity index (χ4n) is 1.33. The number of hydrogen-bond acceptors (Lipinski definition) is 2. The Hall–Kier alpha value is -0.940. The molecule has 6 heteroatoms. The van der Waals surface area contributed by atoms with E-state index in [9.17, 15) is 18.3 Å². The van der Waals surface area contributed by atoms with Crippen molar-refractivity contribution in [2.75, 3.05) is 0 Å². The summed E-state index contributed by atoms with van der Waals surface area (Å²) in [5.41, 5.74) is 6.25. The van der Waals surface area contributed by atoms with E-state index in [1.165, 1.54) is 12.1 Å². The molecule has 0 heterocycles. The van der Waals surface area contributed by atoms with E-state index >= 15 is 0 Å². The second kappa shape index (κ2) is 5.41. The van der Waals surface area contributed by atoms with Crippen LogP contribution >= 0.6 is 12.4 Å². The minimum atomic E-state index is -4.32. The molecule has 1 atom stereocenters. The van der Waals surface area contributed by atoms with E-state index in [2.05, 4.69) is 0 Å². The van der Waals surface area contributed by atoms with Crippen molar-refractivity contribution in [2.24, 2.45) is 5.73 Å². The summed E-state index contributed by atoms with van der Waals surface area (Å²) in [6.07, 6.45) is -5.46. The lowest BCUT2D eigenvalue weighted by Crippen LogP contribution is -2.20. The van der Waals surface area contributed by atoms with Gasteiger partial charge < -0.3 is 10.8 Å². The van der Waals surface area contributed by atoms with Crippen molar-refractivity contribution in [3.63, 3.8) is 0 Å². The highest BCUT2D eigenvalue weighted by Gasteiger charge is 2.31. The van der Waals surface area contributed by atoms with Crippen LogP contribution in [-0.4, -0.2) is 11.3 Å². The molecule has 92 valence electrons. The van der Waals surface area contributed by atoms with Crippen molar-refractivity contribution in [1.29, 1.82) is 0 Å². The van der Waals surface area contributed by atoms with Gasteiger partial charge in [0.25, 0.3) is 0 Å². The number of phenolic OH excluding ortho intramolecular Hbond substituents is 1. The average Bonchev–Trinajstić information content (AvgIpc) is 1.99. The third-order valence-corrected chi connectivity index (χ3v) is 2.04. The average molecular weight is 256 g/mol. The quantitative estimate of drug-likeness (QED) is 0.853. The summed E-state index contributed by atoms with van der Waals surface area (Å²) in [6.45, 7) is 1.73. The van der Waals surface area contributed by atoms with E-state index in [1.807, 2.05) is 0 Å². The molecule has 0 radical (unpaired) electrons. The highest BCUT2D eigenvalue weighted by atomic mass is 35.5. The molecule has 1 aromatic carbocycles. The predicted molar refractivity (Wildman–Crippen MR) is 57.7 cm³/mol. The highest BCUT2D eigenvalue weighted by Crippen LogP contribution is 2.32. The van der Waals surface area contributed by atoms with Gasteiger partial charge >= 0.3 is 6.18 Å². The Bertz CT molecular complexity index is 354. The van der Waals surface area contributed by atoms with Gasteiger partial charge in [0.05, 0.1) is 6.42 Å². The Balaban J connectivity index is 0.00000225. The molecule has 0 spiro atoms. The van der Waals surface area contributed by atoms with Crippen molar-refractivity contribution >= 4 is 12.4 Å². The summed E-state index contributed by atoms with van der Waals surface area (Å²) in [7, 11) is 0. The Morgan fingerprint density at radius 2 is 1.94 bits per heavy atom. The molecular formula is C10H13ClF3NO. The molecule has 0 amide bonds. The monoisotopic (exact) mass is 255 g/mol. The number of benzene rings is 1. The van der Waals surface area contributed by atoms with E-state index in [1.54, 1.807) is 13.0 Å². The first-order valence-electron chi connectivity index (χ1n) is 4.41. The second-order valence-electron chi connectivity index (χ2n) is 3.49. The largest absolute Gasteiger partial charge is 0.508 e. The Morgan fingerprint density at radius 3 is 2.38 bits per heavy atom. The number of rotatable bonds is 2. The SMILES string of the molecule is Cc1ccc([C@H](N)CC(F)(F)F)c(O)c1.Cl. The molecule has 0 aromatic heterocycles. The summed E-state index contributed by atoms with van der Waals surface area (Å²) in [5, 5.41) is 9.41. The normalized spacial score (nSPS) is 13.1. The lowest BCUT2D eigenvalue weighted by atomic mass is 10.0. The first kappa shape index (κ1) is 15.1. The van der Waals surface area contributed by atoms with Crippen LogP contribution in [0.25, 0.3) is 0 Å². The van der Waals surface area contributed by atoms with Crippen molar-refractivity contribution < 1.29 is 18.3 Å². The van der Waals surface area contributed by atoms with Gasteiger partial charge in [0.1, 0.15) is 5.75 Å². The minimum Gasteiger partial charge on any atom is -0.508 e. The molecule has 0 fully saturated rings. The maximum atomic E-state index is 12.0. The van der Waals surface area contributed by atoms with Gasteiger partial charge in [0.2, 0.25) is 0 Å². The van der Waals surface area contributed by atoms with E-state index in [4.69, 9.17) is 5.73 Å². The number of nitrogens with two attached hydrogens (primary N) is 1. The number of alkyl halides is 3. The summed E-state index contributed by atoms with van der Waals surface area (Å²) >= 11 is 0. The van der Waals surface area contributed by atoms with Crippen LogP contribution in [0.2, 0.25) is 0 Å². The Kier molecular flexibility index (Phi) is 5.09. The van der Waals surface area contributed by atoms with E-state index in [-0.39, 0.29) is 23.7 Å². The maximum absolute atomic E-state index is 12.0. The van der Waals surface area contributed by atoms with Gasteiger partial charge in [0.15, 0.2) is 0 Å². The third kappa shape index (κ3) is 4.28. The zero-order chi connectivity index (χ0) is 11.6. The van der Waals surface area contributed by atoms with E-state index < -0.39 is 18.6 Å². The number of halogens is 4. The molecule has 1 rings (SSSR count). The van der Waals surface area contributed by atoms with Crippen LogP contribution in [0, 0.1) is 6.92 Å². The number of aryl methyl sites for hydroxylation is 1.